The number of aliphatic hydroxyl groups excluding tert-OH is 1. The summed E-state index contributed by atoms with van der Waals surface area (Å²) >= 11 is 0. The molecule has 23 heavy (non-hydrogen) atoms. The van der Waals surface area contributed by atoms with Gasteiger partial charge in [0.25, 0.3) is 0 Å². The molecule has 3 rings (SSSR count). The van der Waals surface area contributed by atoms with Gasteiger partial charge in [-0.15, -0.1) is 0 Å². The van der Waals surface area contributed by atoms with E-state index in [4.69, 9.17) is 4.52 Å². The molecule has 120 valence electrons. The molecule has 3 heterocycles. The number of pyridine rings is 1. The summed E-state index contributed by atoms with van der Waals surface area (Å²) in [6.45, 7) is 4.23. The predicted octanol–water partition coefficient (Wildman–Crippen LogP) is 1.45. The third kappa shape index (κ3) is 3.45. The molecule has 7 heteroatoms. The first-order chi connectivity index (χ1) is 11.2. The first-order valence-corrected chi connectivity index (χ1v) is 7.51. The molecular formula is C16H19N5O2. The Morgan fingerprint density at radius 2 is 2.13 bits per heavy atom. The van der Waals surface area contributed by atoms with E-state index in [1.165, 1.54) is 0 Å². The Bertz CT molecular complexity index is 760. The van der Waals surface area contributed by atoms with Crippen LogP contribution < -0.4 is 0 Å². The maximum absolute atomic E-state index is 9.25. The largest absolute Gasteiger partial charge is 0.394 e. The lowest BCUT2D eigenvalue weighted by Crippen LogP contribution is -2.09. The number of aromatic nitrogens is 5. The maximum Gasteiger partial charge on any atom is 0.155 e. The fourth-order valence-electron chi connectivity index (χ4n) is 2.50. The second-order valence-electron chi connectivity index (χ2n) is 5.41. The summed E-state index contributed by atoms with van der Waals surface area (Å²) in [6.07, 6.45) is 4.74. The zero-order valence-electron chi connectivity index (χ0n) is 13.2. The fraction of sp³-hybridized carbons (Fsp3) is 0.375. The molecule has 0 aliphatic carbocycles. The van der Waals surface area contributed by atoms with Gasteiger partial charge in [0.15, 0.2) is 5.82 Å². The van der Waals surface area contributed by atoms with Crippen molar-refractivity contribution in [1.82, 2.24) is 24.9 Å². The van der Waals surface area contributed by atoms with Gasteiger partial charge in [0.05, 0.1) is 18.8 Å². The minimum absolute atomic E-state index is 0.0181. The number of hydrogen-bond acceptors (Lipinski definition) is 6. The van der Waals surface area contributed by atoms with Gasteiger partial charge >= 0.3 is 0 Å². The molecule has 0 aromatic carbocycles. The summed E-state index contributed by atoms with van der Waals surface area (Å²) in [5.41, 5.74) is 2.93. The molecule has 0 radical (unpaired) electrons. The van der Waals surface area contributed by atoms with E-state index in [-0.39, 0.29) is 6.61 Å². The molecule has 1 N–H and O–H groups in total. The Kier molecular flexibility index (Phi) is 4.47. The van der Waals surface area contributed by atoms with Crippen LogP contribution in [0.2, 0.25) is 0 Å². The lowest BCUT2D eigenvalue weighted by atomic mass is 10.1. The molecule has 0 saturated heterocycles. The number of aryl methyl sites for hydroxylation is 2. The molecule has 0 bridgehead atoms. The first kappa shape index (κ1) is 15.4. The molecule has 7 nitrogen and oxygen atoms in total. The zero-order valence-corrected chi connectivity index (χ0v) is 13.2. The van der Waals surface area contributed by atoms with Crippen LogP contribution in [0.5, 0.6) is 0 Å². The van der Waals surface area contributed by atoms with E-state index in [1.54, 1.807) is 17.1 Å². The highest BCUT2D eigenvalue weighted by Crippen LogP contribution is 2.17. The monoisotopic (exact) mass is 313 g/mol. The lowest BCUT2D eigenvalue weighted by Gasteiger charge is -2.03. The molecule has 0 aliphatic heterocycles. The average Bonchev–Trinajstić information content (AvgIpc) is 3.07. The summed E-state index contributed by atoms with van der Waals surface area (Å²) < 4.78 is 6.95. The van der Waals surface area contributed by atoms with E-state index in [2.05, 4.69) is 20.2 Å². The molecule has 0 amide bonds. The van der Waals surface area contributed by atoms with Crippen molar-refractivity contribution in [2.75, 3.05) is 6.61 Å². The van der Waals surface area contributed by atoms with Crippen molar-refractivity contribution in [3.05, 3.63) is 58.8 Å². The van der Waals surface area contributed by atoms with Crippen LogP contribution in [0.15, 0.2) is 29.0 Å². The smallest absolute Gasteiger partial charge is 0.155 e. The van der Waals surface area contributed by atoms with Crippen molar-refractivity contribution in [1.29, 1.82) is 0 Å². The van der Waals surface area contributed by atoms with Crippen molar-refractivity contribution in [3.63, 3.8) is 0 Å². The van der Waals surface area contributed by atoms with E-state index < -0.39 is 0 Å². The van der Waals surface area contributed by atoms with Gasteiger partial charge in [-0.25, -0.2) is 9.67 Å². The summed E-state index contributed by atoms with van der Waals surface area (Å²) in [7, 11) is 0. The van der Waals surface area contributed by atoms with Crippen LogP contribution >= 0.6 is 0 Å². The van der Waals surface area contributed by atoms with Gasteiger partial charge in [-0.05, 0) is 25.5 Å². The van der Waals surface area contributed by atoms with E-state index >= 15 is 0 Å². The fourth-order valence-corrected chi connectivity index (χ4v) is 2.50. The van der Waals surface area contributed by atoms with Crippen molar-refractivity contribution in [2.24, 2.45) is 0 Å². The highest BCUT2D eigenvalue weighted by atomic mass is 16.5. The van der Waals surface area contributed by atoms with Gasteiger partial charge in [-0.2, -0.15) is 5.10 Å². The molecule has 3 aromatic rings. The molecule has 3 aromatic heterocycles. The summed E-state index contributed by atoms with van der Waals surface area (Å²) in [6, 6.07) is 3.89. The predicted molar refractivity (Wildman–Crippen MR) is 82.9 cm³/mol. The third-order valence-electron chi connectivity index (χ3n) is 3.71. The second-order valence-corrected chi connectivity index (χ2v) is 5.41. The molecule has 0 spiro atoms. The minimum atomic E-state index is 0.0181. The van der Waals surface area contributed by atoms with Crippen LogP contribution in [-0.2, 0) is 19.4 Å². The van der Waals surface area contributed by atoms with Gasteiger partial charge in [-0.3, -0.25) is 4.98 Å². The number of nitrogens with zero attached hydrogens (tertiary/aromatic N) is 5. The van der Waals surface area contributed by atoms with Gasteiger partial charge in [0, 0.05) is 30.8 Å². The van der Waals surface area contributed by atoms with Crippen LogP contribution in [0.1, 0.15) is 34.2 Å². The molecule has 0 fully saturated rings. The van der Waals surface area contributed by atoms with Gasteiger partial charge in [0.1, 0.15) is 11.6 Å². The summed E-state index contributed by atoms with van der Waals surface area (Å²) in [5.74, 6) is 2.30. The van der Waals surface area contributed by atoms with Gasteiger partial charge in [-0.1, -0.05) is 11.2 Å². The lowest BCUT2D eigenvalue weighted by molar-refractivity contribution is 0.267. The maximum atomic E-state index is 9.25. The highest BCUT2D eigenvalue weighted by molar-refractivity contribution is 5.25. The summed E-state index contributed by atoms with van der Waals surface area (Å²) in [5, 5.41) is 17.7. The second kappa shape index (κ2) is 6.70. The number of hydrogen-bond donors (Lipinski definition) is 1. The molecule has 0 aliphatic rings. The van der Waals surface area contributed by atoms with E-state index in [1.807, 2.05) is 26.0 Å². The topological polar surface area (TPSA) is 89.9 Å². The van der Waals surface area contributed by atoms with Crippen molar-refractivity contribution in [2.45, 2.75) is 33.2 Å². The highest BCUT2D eigenvalue weighted by Gasteiger charge is 2.16. The standard InChI is InChI=1S/C16H19N5O2/c1-11-14(12(2)23-20-11)9-16-18-15(19-21(16)6-7-22)8-13-4-3-5-17-10-13/h3-5,10,22H,6-9H2,1-2H3. The Morgan fingerprint density at radius 1 is 1.26 bits per heavy atom. The van der Waals surface area contributed by atoms with Crippen LogP contribution in [-0.4, -0.2) is 36.6 Å². The molecule has 0 atom stereocenters. The Morgan fingerprint density at radius 3 is 2.78 bits per heavy atom. The van der Waals surface area contributed by atoms with Crippen molar-refractivity contribution < 1.29 is 9.63 Å². The van der Waals surface area contributed by atoms with Crippen LogP contribution in [0.3, 0.4) is 0 Å². The van der Waals surface area contributed by atoms with Gasteiger partial charge in [0.2, 0.25) is 0 Å². The van der Waals surface area contributed by atoms with Crippen LogP contribution in [0.4, 0.5) is 0 Å². The SMILES string of the molecule is Cc1noc(C)c1Cc1nc(Cc2cccnc2)nn1CCO. The number of rotatable bonds is 6. The van der Waals surface area contributed by atoms with Crippen molar-refractivity contribution >= 4 is 0 Å². The normalized spacial score (nSPS) is 11.1. The Balaban J connectivity index is 1.87. The molecule has 0 unspecified atom stereocenters. The molecule has 0 saturated carbocycles. The van der Waals surface area contributed by atoms with Crippen LogP contribution in [0.25, 0.3) is 0 Å². The van der Waals surface area contributed by atoms with Gasteiger partial charge < -0.3 is 9.63 Å². The minimum Gasteiger partial charge on any atom is -0.394 e. The van der Waals surface area contributed by atoms with E-state index in [0.717, 1.165) is 28.4 Å². The van der Waals surface area contributed by atoms with E-state index in [9.17, 15) is 5.11 Å². The van der Waals surface area contributed by atoms with Crippen LogP contribution in [0, 0.1) is 13.8 Å². The summed E-state index contributed by atoms with van der Waals surface area (Å²) in [4.78, 5) is 8.73. The number of aliphatic hydroxyl groups is 1. The first-order valence-electron chi connectivity index (χ1n) is 7.51. The van der Waals surface area contributed by atoms with Crippen molar-refractivity contribution in [3.8, 4) is 0 Å². The third-order valence-corrected chi connectivity index (χ3v) is 3.71. The average molecular weight is 313 g/mol. The Hall–Kier alpha value is -2.54. The van der Waals surface area contributed by atoms with E-state index in [0.29, 0.717) is 25.2 Å². The zero-order chi connectivity index (χ0) is 16.2. The molecular weight excluding hydrogens is 294 g/mol. The Labute approximate surface area is 134 Å². The quantitative estimate of drug-likeness (QED) is 0.741.